The molecule has 20 heavy (non-hydrogen) atoms. The van der Waals surface area contributed by atoms with Crippen LogP contribution in [0.2, 0.25) is 0 Å². The Kier molecular flexibility index (Phi) is 3.75. The summed E-state index contributed by atoms with van der Waals surface area (Å²) in [6.45, 7) is 1.40. The molecule has 1 unspecified atom stereocenters. The number of hydrogen-bond donors (Lipinski definition) is 1. The van der Waals surface area contributed by atoms with Crippen LogP contribution in [0.4, 0.5) is 0 Å². The zero-order chi connectivity index (χ0) is 13.9. The Bertz CT molecular complexity index is 548. The first-order valence-electron chi connectivity index (χ1n) is 7.02. The molecule has 0 radical (unpaired) electrons. The molecule has 0 saturated heterocycles. The summed E-state index contributed by atoms with van der Waals surface area (Å²) in [4.78, 5) is 2.27. The fourth-order valence-electron chi connectivity index (χ4n) is 2.63. The van der Waals surface area contributed by atoms with Crippen LogP contribution in [0.1, 0.15) is 18.7 Å². The van der Waals surface area contributed by atoms with E-state index in [0.717, 1.165) is 17.4 Å². The Hall–Kier alpha value is -1.79. The van der Waals surface area contributed by atoms with E-state index in [9.17, 15) is 0 Å². The highest BCUT2D eigenvalue weighted by Crippen LogP contribution is 2.34. The number of aromatic nitrogens is 4. The summed E-state index contributed by atoms with van der Waals surface area (Å²) in [5.74, 6) is 1.59. The molecule has 3 rings (SSSR count). The Labute approximate surface area is 118 Å². The van der Waals surface area contributed by atoms with Gasteiger partial charge in [0.15, 0.2) is 5.82 Å². The van der Waals surface area contributed by atoms with Crippen LogP contribution in [0.3, 0.4) is 0 Å². The molecule has 6 nitrogen and oxygen atoms in total. The van der Waals surface area contributed by atoms with Gasteiger partial charge in [-0.05, 0) is 48.4 Å². The van der Waals surface area contributed by atoms with Crippen LogP contribution < -0.4 is 5.73 Å². The van der Waals surface area contributed by atoms with E-state index in [-0.39, 0.29) is 0 Å². The second-order valence-corrected chi connectivity index (χ2v) is 5.40. The van der Waals surface area contributed by atoms with Crippen LogP contribution in [0.5, 0.6) is 0 Å². The molecule has 106 valence electrons. The Balaban J connectivity index is 1.76. The average Bonchev–Trinajstić information content (AvgIpc) is 3.19. The molecular weight excluding hydrogens is 252 g/mol. The number of nitrogens with two attached hydrogens (primary N) is 1. The van der Waals surface area contributed by atoms with Crippen molar-refractivity contribution >= 4 is 0 Å². The number of benzene rings is 1. The maximum atomic E-state index is 5.89. The second-order valence-electron chi connectivity index (χ2n) is 5.40. The zero-order valence-corrected chi connectivity index (χ0v) is 11.7. The van der Waals surface area contributed by atoms with Gasteiger partial charge in [-0.2, -0.15) is 4.68 Å². The van der Waals surface area contributed by atoms with Crippen LogP contribution >= 0.6 is 0 Å². The van der Waals surface area contributed by atoms with E-state index in [4.69, 9.17) is 5.73 Å². The molecule has 1 saturated carbocycles. The molecule has 1 atom stereocenters. The number of para-hydroxylation sites is 1. The summed E-state index contributed by atoms with van der Waals surface area (Å²) < 4.78 is 1.79. The van der Waals surface area contributed by atoms with Crippen LogP contribution in [-0.2, 0) is 6.54 Å². The average molecular weight is 272 g/mol. The quantitative estimate of drug-likeness (QED) is 0.843. The second kappa shape index (κ2) is 5.68. The molecule has 0 spiro atoms. The van der Waals surface area contributed by atoms with E-state index in [0.29, 0.717) is 19.1 Å². The molecule has 1 aliphatic rings. The van der Waals surface area contributed by atoms with Gasteiger partial charge in [0, 0.05) is 12.6 Å². The van der Waals surface area contributed by atoms with Crippen LogP contribution in [0.25, 0.3) is 5.69 Å². The predicted octanol–water partition coefficient (Wildman–Crippen LogP) is 0.831. The molecule has 2 aromatic rings. The van der Waals surface area contributed by atoms with Crippen molar-refractivity contribution in [3.63, 3.8) is 0 Å². The number of rotatable bonds is 6. The Morgan fingerprint density at radius 1 is 1.35 bits per heavy atom. The number of nitrogens with zero attached hydrogens (tertiary/aromatic N) is 5. The van der Waals surface area contributed by atoms with Gasteiger partial charge in [0.1, 0.15) is 0 Å². The summed E-state index contributed by atoms with van der Waals surface area (Å²) >= 11 is 0. The lowest BCUT2D eigenvalue weighted by atomic mass is 10.1. The highest BCUT2D eigenvalue weighted by molar-refractivity contribution is 5.30. The van der Waals surface area contributed by atoms with Gasteiger partial charge in [-0.3, -0.25) is 4.90 Å². The first-order valence-corrected chi connectivity index (χ1v) is 7.02. The van der Waals surface area contributed by atoms with Crippen molar-refractivity contribution in [3.8, 4) is 5.69 Å². The van der Waals surface area contributed by atoms with Crippen molar-refractivity contribution in [2.45, 2.75) is 25.4 Å². The summed E-state index contributed by atoms with van der Waals surface area (Å²) in [6.07, 6.45) is 2.58. The van der Waals surface area contributed by atoms with E-state index < -0.39 is 0 Å². The third kappa shape index (κ3) is 2.71. The van der Waals surface area contributed by atoms with Crippen molar-refractivity contribution in [3.05, 3.63) is 36.2 Å². The number of likely N-dealkylation sites (N-methyl/N-ethyl adjacent to an activating group) is 1. The lowest BCUT2D eigenvalue weighted by molar-refractivity contribution is 0.209. The lowest BCUT2D eigenvalue weighted by Gasteiger charge is -2.26. The molecule has 1 fully saturated rings. The normalized spacial score (nSPS) is 16.6. The fourth-order valence-corrected chi connectivity index (χ4v) is 2.63. The standard InChI is InChI=1S/C14H20N6/c1-19(13(9-15)11-7-8-11)10-14-16-17-18-20(14)12-5-3-2-4-6-12/h2-6,11,13H,7-10,15H2,1H3. The van der Waals surface area contributed by atoms with Crippen molar-refractivity contribution in [2.24, 2.45) is 11.7 Å². The first-order chi connectivity index (χ1) is 9.79. The molecule has 0 amide bonds. The van der Waals surface area contributed by atoms with Crippen LogP contribution in [-0.4, -0.2) is 44.7 Å². The number of tetrazole rings is 1. The SMILES string of the molecule is CN(Cc1nnnn1-c1ccccc1)C(CN)C1CC1. The largest absolute Gasteiger partial charge is 0.329 e. The van der Waals surface area contributed by atoms with Gasteiger partial charge >= 0.3 is 0 Å². The summed E-state index contributed by atoms with van der Waals surface area (Å²) in [5.41, 5.74) is 6.88. The minimum atomic E-state index is 0.427. The van der Waals surface area contributed by atoms with Gasteiger partial charge in [-0.1, -0.05) is 18.2 Å². The van der Waals surface area contributed by atoms with Crippen molar-refractivity contribution in [1.82, 2.24) is 25.1 Å². The van der Waals surface area contributed by atoms with E-state index in [1.165, 1.54) is 12.8 Å². The third-order valence-corrected chi connectivity index (χ3v) is 3.90. The molecule has 6 heteroatoms. The van der Waals surface area contributed by atoms with E-state index in [1.807, 2.05) is 30.3 Å². The molecule has 1 aromatic carbocycles. The van der Waals surface area contributed by atoms with Crippen LogP contribution in [0, 0.1) is 5.92 Å². The monoisotopic (exact) mass is 272 g/mol. The molecule has 0 aliphatic heterocycles. The van der Waals surface area contributed by atoms with Gasteiger partial charge in [-0.25, -0.2) is 0 Å². The predicted molar refractivity (Wildman–Crippen MR) is 76.2 cm³/mol. The Morgan fingerprint density at radius 3 is 2.75 bits per heavy atom. The maximum Gasteiger partial charge on any atom is 0.170 e. The minimum Gasteiger partial charge on any atom is -0.329 e. The number of hydrogen-bond acceptors (Lipinski definition) is 5. The summed E-state index contributed by atoms with van der Waals surface area (Å²) in [7, 11) is 2.10. The molecule has 1 aromatic heterocycles. The maximum absolute atomic E-state index is 5.89. The minimum absolute atomic E-state index is 0.427. The summed E-state index contributed by atoms with van der Waals surface area (Å²) in [6, 6.07) is 10.4. The van der Waals surface area contributed by atoms with E-state index in [1.54, 1.807) is 4.68 Å². The fraction of sp³-hybridized carbons (Fsp3) is 0.500. The third-order valence-electron chi connectivity index (χ3n) is 3.90. The lowest BCUT2D eigenvalue weighted by Crippen LogP contribution is -2.39. The molecular formula is C14H20N6. The van der Waals surface area contributed by atoms with Gasteiger partial charge in [0.2, 0.25) is 0 Å². The van der Waals surface area contributed by atoms with Crippen LogP contribution in [0.15, 0.2) is 30.3 Å². The smallest absolute Gasteiger partial charge is 0.170 e. The molecule has 1 heterocycles. The van der Waals surface area contributed by atoms with Crippen molar-refractivity contribution < 1.29 is 0 Å². The zero-order valence-electron chi connectivity index (χ0n) is 11.7. The first kappa shape index (κ1) is 13.2. The van der Waals surface area contributed by atoms with E-state index in [2.05, 4.69) is 27.5 Å². The van der Waals surface area contributed by atoms with Gasteiger partial charge < -0.3 is 5.73 Å². The molecule has 2 N–H and O–H groups in total. The van der Waals surface area contributed by atoms with Crippen molar-refractivity contribution in [2.75, 3.05) is 13.6 Å². The highest BCUT2D eigenvalue weighted by Gasteiger charge is 2.33. The topological polar surface area (TPSA) is 72.9 Å². The summed E-state index contributed by atoms with van der Waals surface area (Å²) in [5, 5.41) is 12.0. The van der Waals surface area contributed by atoms with Gasteiger partial charge in [0.25, 0.3) is 0 Å². The molecule has 0 bridgehead atoms. The van der Waals surface area contributed by atoms with E-state index >= 15 is 0 Å². The van der Waals surface area contributed by atoms with Gasteiger partial charge in [0.05, 0.1) is 12.2 Å². The Morgan fingerprint density at radius 2 is 2.10 bits per heavy atom. The molecule has 1 aliphatic carbocycles. The van der Waals surface area contributed by atoms with Crippen molar-refractivity contribution in [1.29, 1.82) is 0 Å². The van der Waals surface area contributed by atoms with Gasteiger partial charge in [-0.15, -0.1) is 5.10 Å². The highest BCUT2D eigenvalue weighted by atomic mass is 15.5.